The second kappa shape index (κ2) is 6.94. The molecule has 0 unspecified atom stereocenters. The zero-order chi connectivity index (χ0) is 19.7. The van der Waals surface area contributed by atoms with E-state index < -0.39 is 23.3 Å². The van der Waals surface area contributed by atoms with Crippen molar-refractivity contribution >= 4 is 17.7 Å². The van der Waals surface area contributed by atoms with Gasteiger partial charge in [-0.3, -0.25) is 5.32 Å². The Bertz CT molecular complexity index is 670. The van der Waals surface area contributed by atoms with Gasteiger partial charge in [-0.25, -0.2) is 9.59 Å². The van der Waals surface area contributed by atoms with E-state index >= 15 is 0 Å². The molecule has 1 aromatic rings. The van der Waals surface area contributed by atoms with E-state index in [1.54, 1.807) is 20.8 Å². The van der Waals surface area contributed by atoms with E-state index in [1.807, 2.05) is 27.7 Å². The summed E-state index contributed by atoms with van der Waals surface area (Å²) in [5, 5.41) is 12.1. The SMILES string of the molecule is Cc1c(C)c(OC(C)(C)C(=O)O)c(C)c(C)c1NC(=O)OC(C)(C)C. The molecule has 25 heavy (non-hydrogen) atoms. The number of carbonyl (C=O) groups excluding carboxylic acids is 1. The van der Waals surface area contributed by atoms with Crippen molar-refractivity contribution in [3.8, 4) is 5.75 Å². The van der Waals surface area contributed by atoms with Crippen molar-refractivity contribution in [3.05, 3.63) is 22.3 Å². The van der Waals surface area contributed by atoms with Gasteiger partial charge in [-0.05, 0) is 84.6 Å². The van der Waals surface area contributed by atoms with Crippen molar-refractivity contribution < 1.29 is 24.2 Å². The van der Waals surface area contributed by atoms with Crippen molar-refractivity contribution in [2.24, 2.45) is 0 Å². The smallest absolute Gasteiger partial charge is 0.412 e. The van der Waals surface area contributed by atoms with Crippen LogP contribution in [0.25, 0.3) is 0 Å². The molecular weight excluding hydrogens is 322 g/mol. The van der Waals surface area contributed by atoms with Crippen LogP contribution >= 0.6 is 0 Å². The van der Waals surface area contributed by atoms with Crippen LogP contribution < -0.4 is 10.1 Å². The Kier molecular flexibility index (Phi) is 5.78. The molecule has 1 aromatic carbocycles. The van der Waals surface area contributed by atoms with Crippen LogP contribution in [0, 0.1) is 27.7 Å². The van der Waals surface area contributed by atoms with Gasteiger partial charge in [0.1, 0.15) is 11.4 Å². The number of nitrogens with one attached hydrogen (secondary N) is 1. The van der Waals surface area contributed by atoms with Gasteiger partial charge in [0, 0.05) is 0 Å². The van der Waals surface area contributed by atoms with Crippen LogP contribution in [0.3, 0.4) is 0 Å². The highest BCUT2D eigenvalue weighted by atomic mass is 16.6. The summed E-state index contributed by atoms with van der Waals surface area (Å²) in [5.74, 6) is -0.519. The number of hydrogen-bond donors (Lipinski definition) is 2. The number of anilines is 1. The summed E-state index contributed by atoms with van der Waals surface area (Å²) >= 11 is 0. The molecule has 0 spiro atoms. The molecule has 0 aliphatic heterocycles. The van der Waals surface area contributed by atoms with E-state index in [-0.39, 0.29) is 0 Å². The van der Waals surface area contributed by atoms with Crippen molar-refractivity contribution in [1.82, 2.24) is 0 Å². The third-order valence-corrected chi connectivity index (χ3v) is 4.05. The minimum Gasteiger partial charge on any atom is -0.478 e. The zero-order valence-electron chi connectivity index (χ0n) is 16.6. The van der Waals surface area contributed by atoms with E-state index in [2.05, 4.69) is 5.32 Å². The van der Waals surface area contributed by atoms with Gasteiger partial charge in [-0.1, -0.05) is 0 Å². The third kappa shape index (κ3) is 4.87. The second-order valence-electron chi connectivity index (χ2n) is 7.75. The van der Waals surface area contributed by atoms with E-state index in [0.717, 1.165) is 22.3 Å². The molecule has 1 amide bonds. The van der Waals surface area contributed by atoms with E-state index in [4.69, 9.17) is 9.47 Å². The summed E-state index contributed by atoms with van der Waals surface area (Å²) in [5.41, 5.74) is 1.89. The first-order valence-corrected chi connectivity index (χ1v) is 8.20. The molecule has 140 valence electrons. The Morgan fingerprint density at radius 3 is 1.68 bits per heavy atom. The van der Waals surface area contributed by atoms with E-state index in [1.165, 1.54) is 13.8 Å². The molecule has 0 heterocycles. The number of carboxylic acids is 1. The van der Waals surface area contributed by atoms with Crippen molar-refractivity contribution in [1.29, 1.82) is 0 Å². The van der Waals surface area contributed by atoms with Gasteiger partial charge < -0.3 is 14.6 Å². The van der Waals surface area contributed by atoms with Crippen LogP contribution in [0.2, 0.25) is 0 Å². The molecule has 0 aromatic heterocycles. The molecule has 0 saturated heterocycles. The number of carboxylic acid groups (broad SMARTS) is 1. The maximum Gasteiger partial charge on any atom is 0.412 e. The normalized spacial score (nSPS) is 11.9. The Balaban J connectivity index is 3.30. The van der Waals surface area contributed by atoms with Crippen LogP contribution in [-0.2, 0) is 9.53 Å². The van der Waals surface area contributed by atoms with E-state index in [0.29, 0.717) is 11.4 Å². The van der Waals surface area contributed by atoms with Gasteiger partial charge in [0.2, 0.25) is 0 Å². The topological polar surface area (TPSA) is 84.9 Å². The Morgan fingerprint density at radius 1 is 0.880 bits per heavy atom. The molecule has 1 rings (SSSR count). The van der Waals surface area contributed by atoms with Gasteiger partial charge in [-0.2, -0.15) is 0 Å². The van der Waals surface area contributed by atoms with Crippen molar-refractivity contribution in [3.63, 3.8) is 0 Å². The highest BCUT2D eigenvalue weighted by Crippen LogP contribution is 2.37. The first-order valence-electron chi connectivity index (χ1n) is 8.20. The summed E-state index contributed by atoms with van der Waals surface area (Å²) in [6.45, 7) is 15.8. The molecule has 6 nitrogen and oxygen atoms in total. The maximum atomic E-state index is 12.1. The summed E-state index contributed by atoms with van der Waals surface area (Å²) in [7, 11) is 0. The third-order valence-electron chi connectivity index (χ3n) is 4.05. The van der Waals surface area contributed by atoms with Crippen LogP contribution in [0.5, 0.6) is 5.75 Å². The van der Waals surface area contributed by atoms with Crippen LogP contribution in [-0.4, -0.2) is 28.4 Å². The van der Waals surface area contributed by atoms with Crippen LogP contribution in [0.4, 0.5) is 10.5 Å². The fourth-order valence-corrected chi connectivity index (χ4v) is 2.32. The molecule has 0 bridgehead atoms. The molecule has 6 heteroatoms. The highest BCUT2D eigenvalue weighted by molar-refractivity contribution is 5.88. The number of carbonyl (C=O) groups is 2. The fourth-order valence-electron chi connectivity index (χ4n) is 2.32. The minimum absolute atomic E-state index is 0.525. The Labute approximate surface area is 149 Å². The number of ether oxygens (including phenoxy) is 2. The molecule has 0 aliphatic carbocycles. The molecule has 0 radical (unpaired) electrons. The first-order chi connectivity index (χ1) is 11.2. The van der Waals surface area contributed by atoms with Crippen LogP contribution in [0.1, 0.15) is 56.9 Å². The number of aliphatic carboxylic acids is 1. The van der Waals surface area contributed by atoms with Gasteiger partial charge in [0.25, 0.3) is 0 Å². The summed E-state index contributed by atoms with van der Waals surface area (Å²) in [6.07, 6.45) is -0.531. The second-order valence-corrected chi connectivity index (χ2v) is 7.75. The lowest BCUT2D eigenvalue weighted by molar-refractivity contribution is -0.152. The quantitative estimate of drug-likeness (QED) is 0.834. The first kappa shape index (κ1) is 20.8. The maximum absolute atomic E-state index is 12.1. The van der Waals surface area contributed by atoms with Gasteiger partial charge >= 0.3 is 12.1 Å². The summed E-state index contributed by atoms with van der Waals surface area (Å²) < 4.78 is 11.1. The highest BCUT2D eigenvalue weighted by Gasteiger charge is 2.32. The lowest BCUT2D eigenvalue weighted by Crippen LogP contribution is -2.38. The predicted molar refractivity (Wildman–Crippen MR) is 97.6 cm³/mol. The molecule has 0 saturated carbocycles. The largest absolute Gasteiger partial charge is 0.478 e. The van der Waals surface area contributed by atoms with Gasteiger partial charge in [0.05, 0.1) is 5.69 Å². The summed E-state index contributed by atoms with van der Waals surface area (Å²) in [4.78, 5) is 23.5. The van der Waals surface area contributed by atoms with Gasteiger partial charge in [0.15, 0.2) is 5.60 Å². The molecule has 0 atom stereocenters. The number of hydrogen-bond acceptors (Lipinski definition) is 4. The minimum atomic E-state index is -1.35. The average molecular weight is 351 g/mol. The standard InChI is InChI=1S/C19H29NO5/c1-10-12(3)15(24-19(8,9)16(21)22)13(4)11(2)14(10)20-17(23)25-18(5,6)7/h1-9H3,(H,20,23)(H,21,22). The number of benzene rings is 1. The zero-order valence-corrected chi connectivity index (χ0v) is 16.6. The number of amides is 1. The van der Waals surface area contributed by atoms with Crippen molar-refractivity contribution in [2.75, 3.05) is 5.32 Å². The van der Waals surface area contributed by atoms with Crippen molar-refractivity contribution in [2.45, 2.75) is 73.5 Å². The fraction of sp³-hybridized carbons (Fsp3) is 0.579. The lowest BCUT2D eigenvalue weighted by Gasteiger charge is -2.27. The monoisotopic (exact) mass is 351 g/mol. The predicted octanol–water partition coefficient (Wildman–Crippen LogP) is 4.51. The average Bonchev–Trinajstić information content (AvgIpc) is 2.44. The summed E-state index contributed by atoms with van der Waals surface area (Å²) in [6, 6.07) is 0. The Morgan fingerprint density at radius 2 is 1.32 bits per heavy atom. The molecule has 2 N–H and O–H groups in total. The van der Waals surface area contributed by atoms with E-state index in [9.17, 15) is 14.7 Å². The Hall–Kier alpha value is -2.24. The van der Waals surface area contributed by atoms with Gasteiger partial charge in [-0.15, -0.1) is 0 Å². The number of rotatable bonds is 4. The lowest BCUT2D eigenvalue weighted by atomic mass is 9.96. The molecule has 0 aliphatic rings. The molecular formula is C19H29NO5. The molecule has 0 fully saturated rings. The van der Waals surface area contributed by atoms with Crippen LogP contribution in [0.15, 0.2) is 0 Å².